The molecule has 1 saturated heterocycles. The van der Waals surface area contributed by atoms with Gasteiger partial charge in [-0.2, -0.15) is 0 Å². The molecule has 44 heavy (non-hydrogen) atoms. The summed E-state index contributed by atoms with van der Waals surface area (Å²) < 4.78 is 16.0. The van der Waals surface area contributed by atoms with Crippen LogP contribution < -0.4 is 16.0 Å². The molecule has 13 nitrogen and oxygen atoms in total. The van der Waals surface area contributed by atoms with Crippen LogP contribution in [-0.4, -0.2) is 96.6 Å². The van der Waals surface area contributed by atoms with E-state index in [9.17, 15) is 28.8 Å². The van der Waals surface area contributed by atoms with Crippen molar-refractivity contribution in [3.05, 3.63) is 0 Å². The van der Waals surface area contributed by atoms with Crippen LogP contribution in [0.3, 0.4) is 0 Å². The molecule has 2 fully saturated rings. The van der Waals surface area contributed by atoms with Gasteiger partial charge in [-0.1, -0.05) is 53.9 Å². The minimum atomic E-state index is -1.49. The van der Waals surface area contributed by atoms with Crippen LogP contribution in [0.15, 0.2) is 0 Å². The molecule has 2 rings (SSSR count). The lowest BCUT2D eigenvalue weighted by Crippen LogP contribution is -2.63. The van der Waals surface area contributed by atoms with Crippen LogP contribution in [0.4, 0.5) is 4.79 Å². The first-order chi connectivity index (χ1) is 20.3. The zero-order valence-electron chi connectivity index (χ0n) is 27.8. The normalized spacial score (nSPS) is 20.8. The van der Waals surface area contributed by atoms with Gasteiger partial charge in [0.1, 0.15) is 24.2 Å². The zero-order valence-corrected chi connectivity index (χ0v) is 27.8. The number of hydrogen-bond donors (Lipinski definition) is 3. The highest BCUT2D eigenvalue weighted by atomic mass is 16.5. The highest BCUT2D eigenvalue weighted by Gasteiger charge is 2.50. The van der Waals surface area contributed by atoms with Crippen LogP contribution >= 0.6 is 0 Å². The number of Topliss-reactive ketones (excluding diaryl/α,β-unsaturated/α-hetero) is 1. The van der Waals surface area contributed by atoms with Crippen LogP contribution in [0.25, 0.3) is 0 Å². The maximum atomic E-state index is 14.1. The van der Waals surface area contributed by atoms with Gasteiger partial charge in [-0.15, -0.1) is 0 Å². The van der Waals surface area contributed by atoms with Gasteiger partial charge < -0.3 is 35.1 Å². The summed E-state index contributed by atoms with van der Waals surface area (Å²) in [7, 11) is 1.17. The summed E-state index contributed by atoms with van der Waals surface area (Å²) in [6.07, 6.45) is 1.43. The third kappa shape index (κ3) is 10.4. The first-order valence-corrected chi connectivity index (χ1v) is 15.4. The molecule has 0 aromatic carbocycles. The second-order valence-corrected chi connectivity index (χ2v) is 14.2. The predicted octanol–water partition coefficient (Wildman–Crippen LogP) is 2.25. The van der Waals surface area contributed by atoms with Crippen molar-refractivity contribution in [3.8, 4) is 0 Å². The summed E-state index contributed by atoms with van der Waals surface area (Å²) in [5.74, 6) is -3.54. The Morgan fingerprint density at radius 1 is 0.955 bits per heavy atom. The van der Waals surface area contributed by atoms with Gasteiger partial charge in [0.25, 0.3) is 5.91 Å². The maximum absolute atomic E-state index is 14.1. The average molecular weight is 625 g/mol. The van der Waals surface area contributed by atoms with Crippen molar-refractivity contribution < 1.29 is 43.0 Å². The van der Waals surface area contributed by atoms with E-state index in [1.807, 2.05) is 34.6 Å². The number of esters is 1. The minimum absolute atomic E-state index is 0.0874. The Bertz CT molecular complexity index is 1070. The molecule has 0 unspecified atom stereocenters. The molecule has 1 saturated carbocycles. The molecule has 0 aromatic heterocycles. The van der Waals surface area contributed by atoms with Crippen molar-refractivity contribution in [2.24, 2.45) is 11.3 Å². The van der Waals surface area contributed by atoms with E-state index in [0.29, 0.717) is 12.8 Å². The van der Waals surface area contributed by atoms with Gasteiger partial charge in [-0.25, -0.2) is 4.79 Å². The lowest BCUT2D eigenvalue weighted by atomic mass is 9.77. The Balaban J connectivity index is 2.38. The Hall–Kier alpha value is -3.22. The molecule has 250 valence electrons. The summed E-state index contributed by atoms with van der Waals surface area (Å²) in [6, 6.07) is -2.06. The molecule has 1 heterocycles. The van der Waals surface area contributed by atoms with E-state index in [1.54, 1.807) is 20.8 Å². The Labute approximate surface area is 260 Å². The van der Waals surface area contributed by atoms with Crippen molar-refractivity contribution in [1.82, 2.24) is 20.9 Å². The molecule has 0 spiro atoms. The number of methoxy groups -OCH3 is 1. The predicted molar refractivity (Wildman–Crippen MR) is 161 cm³/mol. The highest BCUT2D eigenvalue weighted by molar-refractivity contribution is 6.40. The molecule has 4 amide bonds. The van der Waals surface area contributed by atoms with E-state index in [0.717, 1.165) is 6.42 Å². The zero-order chi connectivity index (χ0) is 33.5. The second-order valence-electron chi connectivity index (χ2n) is 14.2. The molecular weight excluding hydrogens is 572 g/mol. The second kappa shape index (κ2) is 15.2. The van der Waals surface area contributed by atoms with E-state index in [4.69, 9.17) is 9.47 Å². The number of nitrogens with one attached hydrogen (secondary N) is 3. The molecule has 1 aliphatic carbocycles. The quantitative estimate of drug-likeness (QED) is 0.231. The van der Waals surface area contributed by atoms with Crippen LogP contribution in [0, 0.1) is 11.3 Å². The third-order valence-corrected chi connectivity index (χ3v) is 7.62. The summed E-state index contributed by atoms with van der Waals surface area (Å²) in [5.41, 5.74) is -2.79. The van der Waals surface area contributed by atoms with Crippen molar-refractivity contribution >= 4 is 35.6 Å². The summed E-state index contributed by atoms with van der Waals surface area (Å²) in [6.45, 7) is 14.6. The molecule has 1 aliphatic heterocycles. The SMILES string of the molecule is COC(=O)CNC(=O)C(=O)C1(NC(=O)[C@@H]2C[C@@H](OC(C)(C)C)CN2C(=O)[C@@H](NC(=O)OCC(C)C)C(C)(C)C)CCCCC1. The van der Waals surface area contributed by atoms with Crippen LogP contribution in [0.5, 0.6) is 0 Å². The smallest absolute Gasteiger partial charge is 0.407 e. The summed E-state index contributed by atoms with van der Waals surface area (Å²) in [4.78, 5) is 80.0. The molecule has 0 radical (unpaired) electrons. The van der Waals surface area contributed by atoms with Crippen LogP contribution in [0.1, 0.15) is 93.9 Å². The van der Waals surface area contributed by atoms with Crippen LogP contribution in [0.2, 0.25) is 0 Å². The number of carbonyl (C=O) groups excluding carboxylic acids is 6. The van der Waals surface area contributed by atoms with Gasteiger partial charge in [0.2, 0.25) is 17.6 Å². The first-order valence-electron chi connectivity index (χ1n) is 15.4. The van der Waals surface area contributed by atoms with Gasteiger partial charge in [0.05, 0.1) is 25.4 Å². The number of hydrogen-bond acceptors (Lipinski definition) is 9. The summed E-state index contributed by atoms with van der Waals surface area (Å²) in [5, 5.41) is 7.81. The fourth-order valence-corrected chi connectivity index (χ4v) is 5.50. The number of likely N-dealkylation sites (tertiary alicyclic amines) is 1. The van der Waals surface area contributed by atoms with E-state index in [-0.39, 0.29) is 38.3 Å². The number of ether oxygens (including phenoxy) is 3. The summed E-state index contributed by atoms with van der Waals surface area (Å²) >= 11 is 0. The Kier molecular flexibility index (Phi) is 12.8. The van der Waals surface area contributed by atoms with Crippen LogP contribution in [-0.2, 0) is 38.2 Å². The Morgan fingerprint density at radius 3 is 2.09 bits per heavy atom. The van der Waals surface area contributed by atoms with Crippen molar-refractivity contribution in [3.63, 3.8) is 0 Å². The number of carbonyl (C=O) groups is 6. The molecular formula is C31H52N4O9. The number of nitrogens with zero attached hydrogens (tertiary/aromatic N) is 1. The number of ketones is 1. The monoisotopic (exact) mass is 624 g/mol. The topological polar surface area (TPSA) is 169 Å². The lowest BCUT2D eigenvalue weighted by molar-refractivity contribution is -0.148. The molecule has 0 bridgehead atoms. The first kappa shape index (κ1) is 37.0. The van der Waals surface area contributed by atoms with E-state index in [1.165, 1.54) is 12.0 Å². The number of rotatable bonds is 11. The van der Waals surface area contributed by atoms with Crippen molar-refractivity contribution in [2.75, 3.05) is 26.8 Å². The fraction of sp³-hybridized carbons (Fsp3) is 0.806. The molecule has 13 heteroatoms. The van der Waals surface area contributed by atoms with Crippen molar-refractivity contribution in [2.45, 2.75) is 123 Å². The van der Waals surface area contributed by atoms with Gasteiger partial charge in [0.15, 0.2) is 0 Å². The fourth-order valence-electron chi connectivity index (χ4n) is 5.50. The van der Waals surface area contributed by atoms with Crippen molar-refractivity contribution in [1.29, 1.82) is 0 Å². The third-order valence-electron chi connectivity index (χ3n) is 7.62. The van der Waals surface area contributed by atoms with E-state index >= 15 is 0 Å². The molecule has 0 aromatic rings. The molecule has 3 N–H and O–H groups in total. The highest BCUT2D eigenvalue weighted by Crippen LogP contribution is 2.33. The maximum Gasteiger partial charge on any atom is 0.407 e. The molecule has 2 aliphatic rings. The largest absolute Gasteiger partial charge is 0.468 e. The standard InChI is InChI=1S/C31H52N4O9/c1-19(2)18-43-28(41)33-23(29(3,4)5)27(40)35-17-20(44-30(6,7)8)15-21(35)25(38)34-31(13-11-10-12-14-31)24(37)26(39)32-16-22(36)42-9/h19-21,23H,10-18H2,1-9H3,(H,32,39)(H,33,41)(H,34,38)/t20-,21+,23-/m1/s1. The van der Waals surface area contributed by atoms with Gasteiger partial charge in [-0.05, 0) is 44.9 Å². The minimum Gasteiger partial charge on any atom is -0.468 e. The van der Waals surface area contributed by atoms with Gasteiger partial charge in [0, 0.05) is 13.0 Å². The van der Waals surface area contributed by atoms with Gasteiger partial charge in [-0.3, -0.25) is 24.0 Å². The average Bonchev–Trinajstić information content (AvgIpc) is 3.34. The number of amides is 4. The van der Waals surface area contributed by atoms with Gasteiger partial charge >= 0.3 is 12.1 Å². The molecule has 3 atom stereocenters. The number of alkyl carbamates (subject to hydrolysis) is 1. The Morgan fingerprint density at radius 2 is 1.57 bits per heavy atom. The van der Waals surface area contributed by atoms with E-state index < -0.39 is 76.9 Å². The van der Waals surface area contributed by atoms with E-state index in [2.05, 4.69) is 20.7 Å². The lowest BCUT2D eigenvalue weighted by Gasteiger charge is -2.39.